The van der Waals surface area contributed by atoms with Crippen LogP contribution in [0, 0.1) is 0 Å². The monoisotopic (exact) mass is 303 g/mol. The second kappa shape index (κ2) is 6.21. The molecule has 0 aromatic heterocycles. The lowest BCUT2D eigenvalue weighted by atomic mass is 9.86. The van der Waals surface area contributed by atoms with Crippen molar-refractivity contribution in [3.63, 3.8) is 0 Å². The van der Waals surface area contributed by atoms with E-state index in [4.69, 9.17) is 17.3 Å². The van der Waals surface area contributed by atoms with E-state index in [-0.39, 0.29) is 0 Å². The van der Waals surface area contributed by atoms with Gasteiger partial charge in [-0.2, -0.15) is 0 Å². The van der Waals surface area contributed by atoms with Crippen LogP contribution in [0.3, 0.4) is 0 Å². The Balaban J connectivity index is 1.78. The second-order valence-corrected chi connectivity index (χ2v) is 6.76. The van der Waals surface area contributed by atoms with E-state index in [2.05, 4.69) is 36.4 Å². The van der Waals surface area contributed by atoms with Gasteiger partial charge in [-0.05, 0) is 54.1 Å². The first-order valence-corrected chi connectivity index (χ1v) is 8.31. The molecule has 1 aliphatic rings. The van der Waals surface area contributed by atoms with Crippen LogP contribution in [0.2, 0.25) is 5.02 Å². The Morgan fingerprint density at radius 3 is 2.65 bits per heavy atom. The van der Waals surface area contributed by atoms with E-state index in [0.29, 0.717) is 18.4 Å². The topological polar surface area (TPSA) is 26.0 Å². The molecule has 2 atom stereocenters. The molecule has 3 heteroatoms. The van der Waals surface area contributed by atoms with Crippen LogP contribution in [0.4, 0.5) is 0 Å². The van der Waals surface area contributed by atoms with Crippen LogP contribution in [0.1, 0.15) is 29.4 Å². The summed E-state index contributed by atoms with van der Waals surface area (Å²) < 4.78 is 0. The lowest BCUT2D eigenvalue weighted by Crippen LogP contribution is -2.16. The summed E-state index contributed by atoms with van der Waals surface area (Å²) >= 11 is 7.93. The van der Waals surface area contributed by atoms with E-state index >= 15 is 0 Å². The fraction of sp³-hybridized carbons (Fsp3) is 0.294. The van der Waals surface area contributed by atoms with E-state index < -0.39 is 0 Å². The molecule has 0 fully saturated rings. The van der Waals surface area contributed by atoms with Crippen molar-refractivity contribution in [3.05, 3.63) is 64.7 Å². The van der Waals surface area contributed by atoms with Gasteiger partial charge in [-0.1, -0.05) is 41.9 Å². The molecule has 2 N–H and O–H groups in total. The first kappa shape index (κ1) is 14.0. The summed E-state index contributed by atoms with van der Waals surface area (Å²) in [7, 11) is 0. The Morgan fingerprint density at radius 2 is 1.90 bits per heavy atom. The van der Waals surface area contributed by atoms with Crippen molar-refractivity contribution in [2.24, 2.45) is 5.73 Å². The summed E-state index contributed by atoms with van der Waals surface area (Å²) in [6.45, 7) is 0.685. The zero-order valence-electron chi connectivity index (χ0n) is 11.3. The van der Waals surface area contributed by atoms with Crippen LogP contribution >= 0.6 is 23.4 Å². The number of fused-ring (bicyclic) bond motifs is 1. The molecule has 1 aliphatic heterocycles. The molecule has 1 heterocycles. The SMILES string of the molecule is NCC(CC1CSc2ccccc21)c1ccc(Cl)cc1. The van der Waals surface area contributed by atoms with Gasteiger partial charge < -0.3 is 5.73 Å². The fourth-order valence-corrected chi connectivity index (χ4v) is 4.27. The summed E-state index contributed by atoms with van der Waals surface area (Å²) in [6.07, 6.45) is 1.11. The number of thioether (sulfide) groups is 1. The zero-order valence-corrected chi connectivity index (χ0v) is 12.8. The number of benzene rings is 2. The molecule has 2 aromatic rings. The summed E-state index contributed by atoms with van der Waals surface area (Å²) in [5, 5.41) is 0.784. The average molecular weight is 304 g/mol. The molecule has 0 spiro atoms. The quantitative estimate of drug-likeness (QED) is 0.889. The lowest BCUT2D eigenvalue weighted by molar-refractivity contribution is 0.570. The third kappa shape index (κ3) is 2.88. The number of hydrogen-bond donors (Lipinski definition) is 1. The molecular weight excluding hydrogens is 286 g/mol. The van der Waals surface area contributed by atoms with E-state index in [1.165, 1.54) is 21.8 Å². The van der Waals surface area contributed by atoms with Gasteiger partial charge in [-0.3, -0.25) is 0 Å². The van der Waals surface area contributed by atoms with Gasteiger partial charge in [-0.15, -0.1) is 11.8 Å². The normalized spacial score (nSPS) is 18.8. The van der Waals surface area contributed by atoms with Crippen molar-refractivity contribution >= 4 is 23.4 Å². The Morgan fingerprint density at radius 1 is 1.15 bits per heavy atom. The molecule has 2 aromatic carbocycles. The summed E-state index contributed by atoms with van der Waals surface area (Å²) in [6, 6.07) is 16.9. The molecule has 0 saturated carbocycles. The third-order valence-corrected chi connectivity index (χ3v) is 5.50. The smallest absolute Gasteiger partial charge is 0.0406 e. The highest BCUT2D eigenvalue weighted by Gasteiger charge is 2.25. The van der Waals surface area contributed by atoms with Gasteiger partial charge in [0, 0.05) is 15.7 Å². The number of rotatable bonds is 4. The maximum Gasteiger partial charge on any atom is 0.0406 e. The van der Waals surface area contributed by atoms with Crippen molar-refractivity contribution in [2.75, 3.05) is 12.3 Å². The molecule has 0 radical (unpaired) electrons. The van der Waals surface area contributed by atoms with Crippen molar-refractivity contribution in [2.45, 2.75) is 23.2 Å². The minimum absolute atomic E-state index is 0.407. The Labute approximate surface area is 129 Å². The number of nitrogens with two attached hydrogens (primary N) is 1. The highest BCUT2D eigenvalue weighted by atomic mass is 35.5. The molecule has 104 valence electrons. The van der Waals surface area contributed by atoms with E-state index in [0.717, 1.165) is 11.4 Å². The highest BCUT2D eigenvalue weighted by molar-refractivity contribution is 7.99. The molecule has 20 heavy (non-hydrogen) atoms. The summed E-state index contributed by atoms with van der Waals surface area (Å²) in [5.74, 6) is 2.19. The molecule has 1 nitrogen and oxygen atoms in total. The summed E-state index contributed by atoms with van der Waals surface area (Å²) in [5.41, 5.74) is 8.79. The molecule has 0 bridgehead atoms. The lowest BCUT2D eigenvalue weighted by Gasteiger charge is -2.20. The molecule has 0 amide bonds. The molecule has 0 aliphatic carbocycles. The summed E-state index contributed by atoms with van der Waals surface area (Å²) in [4.78, 5) is 1.43. The molecular formula is C17H18ClNS. The van der Waals surface area contributed by atoms with E-state index in [1.807, 2.05) is 23.9 Å². The van der Waals surface area contributed by atoms with Gasteiger partial charge in [0.1, 0.15) is 0 Å². The van der Waals surface area contributed by atoms with Crippen molar-refractivity contribution in [3.8, 4) is 0 Å². The van der Waals surface area contributed by atoms with Crippen LogP contribution < -0.4 is 5.73 Å². The number of hydrogen-bond acceptors (Lipinski definition) is 2. The predicted molar refractivity (Wildman–Crippen MR) is 87.8 cm³/mol. The minimum Gasteiger partial charge on any atom is -0.330 e. The minimum atomic E-state index is 0.407. The van der Waals surface area contributed by atoms with Gasteiger partial charge in [0.15, 0.2) is 0 Å². The number of halogens is 1. The Kier molecular flexibility index (Phi) is 4.35. The Hall–Kier alpha value is -0.960. The first-order valence-electron chi connectivity index (χ1n) is 6.95. The van der Waals surface area contributed by atoms with Crippen molar-refractivity contribution in [1.82, 2.24) is 0 Å². The van der Waals surface area contributed by atoms with E-state index in [1.54, 1.807) is 0 Å². The van der Waals surface area contributed by atoms with Crippen LogP contribution in [0.5, 0.6) is 0 Å². The van der Waals surface area contributed by atoms with Crippen LogP contribution in [0.25, 0.3) is 0 Å². The van der Waals surface area contributed by atoms with Gasteiger partial charge in [0.2, 0.25) is 0 Å². The Bertz CT molecular complexity index is 582. The van der Waals surface area contributed by atoms with Gasteiger partial charge >= 0.3 is 0 Å². The van der Waals surface area contributed by atoms with Gasteiger partial charge in [0.05, 0.1) is 0 Å². The third-order valence-electron chi connectivity index (χ3n) is 3.99. The second-order valence-electron chi connectivity index (χ2n) is 5.27. The van der Waals surface area contributed by atoms with Crippen molar-refractivity contribution in [1.29, 1.82) is 0 Å². The molecule has 3 rings (SSSR count). The molecule has 0 saturated heterocycles. The van der Waals surface area contributed by atoms with E-state index in [9.17, 15) is 0 Å². The average Bonchev–Trinajstić information content (AvgIpc) is 2.89. The standard InChI is InChI=1S/C17H18ClNS/c18-15-7-5-12(6-8-15)13(10-19)9-14-11-20-17-4-2-1-3-16(14)17/h1-8,13-14H,9-11,19H2. The van der Waals surface area contributed by atoms with Crippen LogP contribution in [-0.4, -0.2) is 12.3 Å². The highest BCUT2D eigenvalue weighted by Crippen LogP contribution is 2.43. The molecule has 2 unspecified atom stereocenters. The maximum absolute atomic E-state index is 6.00. The van der Waals surface area contributed by atoms with Crippen LogP contribution in [0.15, 0.2) is 53.4 Å². The van der Waals surface area contributed by atoms with Crippen molar-refractivity contribution < 1.29 is 0 Å². The first-order chi connectivity index (χ1) is 9.78. The maximum atomic E-state index is 6.00. The largest absolute Gasteiger partial charge is 0.330 e. The fourth-order valence-electron chi connectivity index (χ4n) is 2.87. The van der Waals surface area contributed by atoms with Gasteiger partial charge in [-0.25, -0.2) is 0 Å². The van der Waals surface area contributed by atoms with Gasteiger partial charge in [0.25, 0.3) is 0 Å². The zero-order chi connectivity index (χ0) is 13.9. The predicted octanol–water partition coefficient (Wildman–Crippen LogP) is 4.66. The van der Waals surface area contributed by atoms with Crippen LogP contribution in [-0.2, 0) is 0 Å².